The van der Waals surface area contributed by atoms with Gasteiger partial charge in [0.05, 0.1) is 18.4 Å². The highest BCUT2D eigenvalue weighted by molar-refractivity contribution is 5.77. The number of urea groups is 1. The number of nitrogens with one attached hydrogen (secondary N) is 2. The van der Waals surface area contributed by atoms with Crippen molar-refractivity contribution in [3.05, 3.63) is 12.4 Å². The number of aromatic nitrogens is 2. The quantitative estimate of drug-likeness (QED) is 0.754. The molecular weight excluding hydrogens is 232 g/mol. The second-order valence-corrected chi connectivity index (χ2v) is 4.49. The molecule has 2 aliphatic rings. The molecule has 0 bridgehead atoms. The van der Waals surface area contributed by atoms with E-state index in [0.717, 1.165) is 31.3 Å². The van der Waals surface area contributed by atoms with Gasteiger partial charge < -0.3 is 20.4 Å². The molecule has 0 saturated carbocycles. The highest BCUT2D eigenvalue weighted by atomic mass is 16.2. The predicted molar refractivity (Wildman–Crippen MR) is 67.7 cm³/mol. The number of carbonyl (C=O) groups excluding carboxylic acids is 1. The van der Waals surface area contributed by atoms with E-state index in [-0.39, 0.29) is 12.1 Å². The number of rotatable bonds is 2. The van der Waals surface area contributed by atoms with Crippen molar-refractivity contribution in [1.29, 1.82) is 0 Å². The van der Waals surface area contributed by atoms with Crippen LogP contribution in [0.2, 0.25) is 0 Å². The van der Waals surface area contributed by atoms with Crippen LogP contribution in [0.4, 0.5) is 16.4 Å². The number of fused-ring (bicyclic) bond motifs is 1. The first-order valence-electron chi connectivity index (χ1n) is 6.07. The highest BCUT2D eigenvalue weighted by Crippen LogP contribution is 2.19. The third-order valence-electron chi connectivity index (χ3n) is 3.43. The molecule has 96 valence electrons. The lowest BCUT2D eigenvalue weighted by Gasteiger charge is -2.36. The van der Waals surface area contributed by atoms with Gasteiger partial charge in [0, 0.05) is 33.2 Å². The molecular formula is C11H16N6O. The van der Waals surface area contributed by atoms with Crippen molar-refractivity contribution >= 4 is 17.7 Å². The van der Waals surface area contributed by atoms with Crippen LogP contribution in [0.1, 0.15) is 0 Å². The van der Waals surface area contributed by atoms with Gasteiger partial charge in [0.1, 0.15) is 11.6 Å². The third kappa shape index (κ3) is 1.81. The highest BCUT2D eigenvalue weighted by Gasteiger charge is 2.35. The van der Waals surface area contributed by atoms with Gasteiger partial charge in [-0.1, -0.05) is 0 Å². The number of hydrogen-bond acceptors (Lipinski definition) is 5. The average Bonchev–Trinajstić information content (AvgIpc) is 2.80. The maximum absolute atomic E-state index is 11.5. The Hall–Kier alpha value is -2.05. The normalized spacial score (nSPS) is 22.7. The summed E-state index contributed by atoms with van der Waals surface area (Å²) in [7, 11) is 1.82. The van der Waals surface area contributed by atoms with E-state index in [1.54, 1.807) is 12.4 Å². The summed E-state index contributed by atoms with van der Waals surface area (Å²) in [6.45, 7) is 3.06. The van der Waals surface area contributed by atoms with Gasteiger partial charge in [0.2, 0.25) is 0 Å². The monoisotopic (exact) mass is 248 g/mol. The van der Waals surface area contributed by atoms with Gasteiger partial charge in [-0.3, -0.25) is 4.98 Å². The van der Waals surface area contributed by atoms with Crippen molar-refractivity contribution in [2.24, 2.45) is 0 Å². The predicted octanol–water partition coefficient (Wildman–Crippen LogP) is -0.268. The van der Waals surface area contributed by atoms with E-state index in [4.69, 9.17) is 0 Å². The number of nitrogens with zero attached hydrogens (tertiary/aromatic N) is 4. The van der Waals surface area contributed by atoms with E-state index in [9.17, 15) is 4.79 Å². The molecule has 2 fully saturated rings. The Labute approximate surface area is 105 Å². The number of hydrogen-bond donors (Lipinski definition) is 2. The second kappa shape index (κ2) is 4.32. The van der Waals surface area contributed by atoms with Crippen LogP contribution in [-0.2, 0) is 0 Å². The van der Waals surface area contributed by atoms with Crippen molar-refractivity contribution in [1.82, 2.24) is 20.2 Å². The fourth-order valence-corrected chi connectivity index (χ4v) is 2.44. The van der Waals surface area contributed by atoms with Crippen molar-refractivity contribution in [2.45, 2.75) is 6.04 Å². The molecule has 3 rings (SSSR count). The number of amides is 2. The molecule has 1 aromatic heterocycles. The lowest BCUT2D eigenvalue weighted by atomic mass is 10.2. The average molecular weight is 248 g/mol. The van der Waals surface area contributed by atoms with E-state index < -0.39 is 0 Å². The molecule has 2 amide bonds. The fourth-order valence-electron chi connectivity index (χ4n) is 2.44. The minimum atomic E-state index is 0.0507. The molecule has 0 aromatic carbocycles. The van der Waals surface area contributed by atoms with E-state index in [0.29, 0.717) is 6.54 Å². The second-order valence-electron chi connectivity index (χ2n) is 4.49. The molecule has 18 heavy (non-hydrogen) atoms. The Morgan fingerprint density at radius 1 is 1.44 bits per heavy atom. The van der Waals surface area contributed by atoms with Crippen LogP contribution in [0.25, 0.3) is 0 Å². The molecule has 0 radical (unpaired) electrons. The lowest BCUT2D eigenvalue weighted by Crippen LogP contribution is -2.52. The third-order valence-corrected chi connectivity index (χ3v) is 3.43. The zero-order chi connectivity index (χ0) is 12.5. The molecule has 1 unspecified atom stereocenters. The van der Waals surface area contributed by atoms with E-state index in [1.807, 2.05) is 11.9 Å². The van der Waals surface area contributed by atoms with Gasteiger partial charge in [-0.25, -0.2) is 9.78 Å². The fraction of sp³-hybridized carbons (Fsp3) is 0.545. The first kappa shape index (κ1) is 11.1. The summed E-state index contributed by atoms with van der Waals surface area (Å²) in [6.07, 6.45) is 3.46. The molecule has 0 aliphatic carbocycles. The Morgan fingerprint density at radius 3 is 3.17 bits per heavy atom. The molecule has 1 atom stereocenters. The van der Waals surface area contributed by atoms with Gasteiger partial charge in [-0.15, -0.1) is 0 Å². The molecule has 7 nitrogen and oxygen atoms in total. The van der Waals surface area contributed by atoms with Gasteiger partial charge in [0.25, 0.3) is 0 Å². The van der Waals surface area contributed by atoms with Crippen LogP contribution in [0.3, 0.4) is 0 Å². The summed E-state index contributed by atoms with van der Waals surface area (Å²) in [5.41, 5.74) is 0. The summed E-state index contributed by atoms with van der Waals surface area (Å²) < 4.78 is 0. The standard InChI is InChI=1S/C11H16N6O/c1-12-9-5-13-6-10(15-9)16-2-3-17-8(7-16)4-14-11(17)18/h5-6,8H,2-4,7H2,1H3,(H,12,15)(H,14,18). The van der Waals surface area contributed by atoms with E-state index >= 15 is 0 Å². The first-order chi connectivity index (χ1) is 8.78. The van der Waals surface area contributed by atoms with Crippen molar-refractivity contribution < 1.29 is 4.79 Å². The van der Waals surface area contributed by atoms with Gasteiger partial charge in [-0.2, -0.15) is 0 Å². The van der Waals surface area contributed by atoms with Crippen LogP contribution < -0.4 is 15.5 Å². The zero-order valence-electron chi connectivity index (χ0n) is 10.3. The van der Waals surface area contributed by atoms with Crippen molar-refractivity contribution in [3.8, 4) is 0 Å². The maximum atomic E-state index is 11.5. The summed E-state index contributed by atoms with van der Waals surface area (Å²) in [5, 5.41) is 5.85. The Morgan fingerprint density at radius 2 is 2.33 bits per heavy atom. The molecule has 0 spiro atoms. The largest absolute Gasteiger partial charge is 0.372 e. The maximum Gasteiger partial charge on any atom is 0.317 e. The Balaban J connectivity index is 1.76. The van der Waals surface area contributed by atoms with E-state index in [1.165, 1.54) is 0 Å². The SMILES string of the molecule is CNc1cncc(N2CCN3C(=O)NCC3C2)n1. The number of anilines is 2. The summed E-state index contributed by atoms with van der Waals surface area (Å²) in [4.78, 5) is 24.2. The molecule has 2 saturated heterocycles. The van der Waals surface area contributed by atoms with Crippen LogP contribution in [0.5, 0.6) is 0 Å². The Kier molecular flexibility index (Phi) is 2.66. The van der Waals surface area contributed by atoms with Crippen LogP contribution in [-0.4, -0.2) is 60.2 Å². The van der Waals surface area contributed by atoms with Crippen molar-refractivity contribution in [3.63, 3.8) is 0 Å². The van der Waals surface area contributed by atoms with Crippen LogP contribution in [0.15, 0.2) is 12.4 Å². The molecule has 7 heteroatoms. The smallest absolute Gasteiger partial charge is 0.317 e. The number of piperazine rings is 1. The lowest BCUT2D eigenvalue weighted by molar-refractivity contribution is 0.197. The molecule has 2 aliphatic heterocycles. The molecule has 1 aromatic rings. The van der Waals surface area contributed by atoms with Gasteiger partial charge in [0.15, 0.2) is 0 Å². The van der Waals surface area contributed by atoms with Gasteiger partial charge in [-0.05, 0) is 0 Å². The number of carbonyl (C=O) groups is 1. The summed E-state index contributed by atoms with van der Waals surface area (Å²) >= 11 is 0. The van der Waals surface area contributed by atoms with Gasteiger partial charge >= 0.3 is 6.03 Å². The minimum Gasteiger partial charge on any atom is -0.372 e. The summed E-state index contributed by atoms with van der Waals surface area (Å²) in [5.74, 6) is 1.62. The van der Waals surface area contributed by atoms with Crippen LogP contribution >= 0.6 is 0 Å². The topological polar surface area (TPSA) is 73.4 Å². The Bertz CT molecular complexity index is 465. The molecule has 2 N–H and O–H groups in total. The van der Waals surface area contributed by atoms with Crippen LogP contribution in [0, 0.1) is 0 Å². The zero-order valence-corrected chi connectivity index (χ0v) is 10.3. The summed E-state index contributed by atoms with van der Waals surface area (Å²) in [6, 6.07) is 0.293. The molecule has 3 heterocycles. The van der Waals surface area contributed by atoms with Crippen molar-refractivity contribution in [2.75, 3.05) is 43.4 Å². The van der Waals surface area contributed by atoms with E-state index in [2.05, 4.69) is 25.5 Å². The minimum absolute atomic E-state index is 0.0507. The first-order valence-corrected chi connectivity index (χ1v) is 6.07.